The zero-order valence-electron chi connectivity index (χ0n) is 9.50. The predicted octanol–water partition coefficient (Wildman–Crippen LogP) is 4.21. The van der Waals surface area contributed by atoms with Gasteiger partial charge in [0.1, 0.15) is 0 Å². The van der Waals surface area contributed by atoms with Gasteiger partial charge in [0.25, 0.3) is 0 Å². The van der Waals surface area contributed by atoms with Crippen LogP contribution in [0.2, 0.25) is 8.94 Å². The van der Waals surface area contributed by atoms with Crippen LogP contribution in [0.4, 0.5) is 0 Å². The molecule has 0 N–H and O–H groups in total. The van der Waals surface area contributed by atoms with E-state index in [0.29, 0.717) is 0 Å². The van der Waals surface area contributed by atoms with Crippen LogP contribution < -0.4 is 0 Å². The summed E-state index contributed by atoms with van der Waals surface area (Å²) in [5, 5.41) is 0. The molecule has 0 bridgehead atoms. The summed E-state index contributed by atoms with van der Waals surface area (Å²) in [6, 6.07) is 0. The Morgan fingerprint density at radius 1 is 1.27 bits per heavy atom. The van der Waals surface area contributed by atoms with Crippen LogP contribution in [0.3, 0.4) is 0 Å². The third-order valence-corrected chi connectivity index (χ3v) is 19.4. The number of thiocarbonyl (C=S) groups is 1. The molecule has 0 aromatic rings. The van der Waals surface area contributed by atoms with Crippen molar-refractivity contribution in [1.29, 1.82) is 0 Å². The van der Waals surface area contributed by atoms with Crippen LogP contribution in [0.25, 0.3) is 0 Å². The predicted molar refractivity (Wildman–Crippen MR) is 78.2 cm³/mol. The minimum absolute atomic E-state index is 1.01. The van der Waals surface area contributed by atoms with Gasteiger partial charge in [0.2, 0.25) is 0 Å². The Morgan fingerprint density at radius 2 is 1.80 bits per heavy atom. The fraction of sp³-hybridized carbons (Fsp3) is 0.900. The van der Waals surface area contributed by atoms with E-state index in [1.807, 2.05) is 8.99 Å². The minimum atomic E-state index is -2.13. The van der Waals surface area contributed by atoms with Gasteiger partial charge in [-0.3, -0.25) is 0 Å². The summed E-state index contributed by atoms with van der Waals surface area (Å²) >= 11 is 3.35. The summed E-state index contributed by atoms with van der Waals surface area (Å²) < 4.78 is 3.63. The van der Waals surface area contributed by atoms with Crippen molar-refractivity contribution in [3.05, 3.63) is 0 Å². The Hall–Kier alpha value is 1.32. The molecule has 0 saturated carbocycles. The third kappa shape index (κ3) is 4.60. The molecule has 5 heteroatoms. The molecule has 1 aliphatic heterocycles. The maximum absolute atomic E-state index is 6.77. The second-order valence-corrected chi connectivity index (χ2v) is 22.3. The molecule has 0 amide bonds. The van der Waals surface area contributed by atoms with Gasteiger partial charge in [-0.05, 0) is 0 Å². The van der Waals surface area contributed by atoms with Crippen LogP contribution in [0.1, 0.15) is 33.1 Å². The molecular weight excluding hydrogens is 361 g/mol. The number of halogens is 1. The van der Waals surface area contributed by atoms with E-state index in [0.717, 1.165) is 17.4 Å². The van der Waals surface area contributed by atoms with Crippen LogP contribution >= 0.6 is 30.2 Å². The van der Waals surface area contributed by atoms with Crippen molar-refractivity contribution in [3.63, 3.8) is 0 Å². The van der Waals surface area contributed by atoms with Gasteiger partial charge in [-0.2, -0.15) is 0 Å². The SMILES string of the molecule is CCN(CC)C(=S)S[Te]1(Cl)CCCCC1. The van der Waals surface area contributed by atoms with Crippen molar-refractivity contribution in [2.24, 2.45) is 0 Å². The van der Waals surface area contributed by atoms with Gasteiger partial charge in [-0.25, -0.2) is 0 Å². The Balaban J connectivity index is 2.48. The van der Waals surface area contributed by atoms with Gasteiger partial charge in [0, 0.05) is 0 Å². The van der Waals surface area contributed by atoms with Gasteiger partial charge < -0.3 is 0 Å². The Bertz CT molecular complexity index is 215. The van der Waals surface area contributed by atoms with Crippen molar-refractivity contribution in [1.82, 2.24) is 4.90 Å². The first-order chi connectivity index (χ1) is 7.11. The quantitative estimate of drug-likeness (QED) is 0.533. The molecule has 0 aromatic carbocycles. The van der Waals surface area contributed by atoms with Crippen LogP contribution in [0, 0.1) is 0 Å². The van der Waals surface area contributed by atoms with Crippen molar-refractivity contribution < 1.29 is 0 Å². The van der Waals surface area contributed by atoms with Gasteiger partial charge in [-0.15, -0.1) is 0 Å². The molecule has 0 unspecified atom stereocenters. The first-order valence-electron chi connectivity index (χ1n) is 5.58. The first kappa shape index (κ1) is 14.4. The summed E-state index contributed by atoms with van der Waals surface area (Å²) in [5.41, 5.74) is 0. The normalized spacial score (nSPS) is 22.1. The van der Waals surface area contributed by atoms with Crippen LogP contribution in [-0.2, 0) is 0 Å². The number of rotatable bonds is 3. The summed E-state index contributed by atoms with van der Waals surface area (Å²) in [4.78, 5) is 2.25. The molecule has 0 radical (unpaired) electrons. The van der Waals surface area contributed by atoms with E-state index in [1.54, 1.807) is 0 Å². The third-order valence-electron chi connectivity index (χ3n) is 2.64. The van der Waals surface area contributed by atoms with Crippen LogP contribution in [0.15, 0.2) is 0 Å². The van der Waals surface area contributed by atoms with Crippen LogP contribution in [0.5, 0.6) is 0 Å². The average Bonchev–Trinajstić information content (AvgIpc) is 2.19. The Labute approximate surface area is 109 Å². The van der Waals surface area contributed by atoms with E-state index in [4.69, 9.17) is 21.2 Å². The summed E-state index contributed by atoms with van der Waals surface area (Å²) in [6.07, 6.45) is 4.04. The second kappa shape index (κ2) is 6.91. The molecule has 1 nitrogen and oxygen atoms in total. The van der Waals surface area contributed by atoms with Crippen molar-refractivity contribution in [2.75, 3.05) is 13.1 Å². The van der Waals surface area contributed by atoms with E-state index < -0.39 is 15.7 Å². The van der Waals surface area contributed by atoms with Gasteiger partial charge in [0.15, 0.2) is 0 Å². The number of hydrogen-bond acceptors (Lipinski definition) is 2. The topological polar surface area (TPSA) is 3.24 Å². The second-order valence-electron chi connectivity index (χ2n) is 3.71. The van der Waals surface area contributed by atoms with Crippen LogP contribution in [-0.4, -0.2) is 38.0 Å². The van der Waals surface area contributed by atoms with E-state index in [-0.39, 0.29) is 0 Å². The number of nitrogens with zero attached hydrogens (tertiary/aromatic N) is 1. The fourth-order valence-electron chi connectivity index (χ4n) is 1.66. The molecule has 0 atom stereocenters. The molecule has 1 rings (SSSR count). The summed E-state index contributed by atoms with van der Waals surface area (Å²) in [5.74, 6) is 0. The molecule has 1 saturated heterocycles. The summed E-state index contributed by atoms with van der Waals surface area (Å²) in [6.45, 7) is 6.34. The zero-order chi connectivity index (χ0) is 11.3. The molecule has 90 valence electrons. The Morgan fingerprint density at radius 3 is 2.27 bits per heavy atom. The molecule has 0 aromatic heterocycles. The molecule has 1 heterocycles. The molecule has 0 aliphatic carbocycles. The molecule has 0 spiro atoms. The molecule has 15 heavy (non-hydrogen) atoms. The van der Waals surface area contributed by atoms with E-state index >= 15 is 0 Å². The maximum atomic E-state index is 6.77. The zero-order valence-corrected chi connectivity index (χ0v) is 14.2. The van der Waals surface area contributed by atoms with Gasteiger partial charge in [-0.1, -0.05) is 0 Å². The first-order valence-corrected chi connectivity index (χ1v) is 15.8. The van der Waals surface area contributed by atoms with Crippen molar-refractivity contribution in [3.8, 4) is 0 Å². The van der Waals surface area contributed by atoms with Crippen molar-refractivity contribution in [2.45, 2.75) is 42.0 Å². The molecule has 1 fully saturated rings. The molecular formula is C10H20ClNS2Te. The average molecular weight is 381 g/mol. The van der Waals surface area contributed by atoms with E-state index in [2.05, 4.69) is 18.7 Å². The Kier molecular flexibility index (Phi) is 6.63. The van der Waals surface area contributed by atoms with E-state index in [1.165, 1.54) is 28.2 Å². The molecule has 1 aliphatic rings. The summed E-state index contributed by atoms with van der Waals surface area (Å²) in [7, 11) is 8.66. The standard InChI is InChI=1S/C10H20ClNS2Te/c1-3-12(4-2)10(13)14-15(11)8-6-5-7-9-15/h3-9H2,1-2H3. The van der Waals surface area contributed by atoms with E-state index in [9.17, 15) is 0 Å². The van der Waals surface area contributed by atoms with Gasteiger partial charge in [0.05, 0.1) is 0 Å². The van der Waals surface area contributed by atoms with Gasteiger partial charge >= 0.3 is 110 Å². The monoisotopic (exact) mass is 383 g/mol. The van der Waals surface area contributed by atoms with Crippen molar-refractivity contribution >= 4 is 50.2 Å². The fourth-order valence-corrected chi connectivity index (χ4v) is 19.0. The number of hydrogen-bond donors (Lipinski definition) is 0.